The summed E-state index contributed by atoms with van der Waals surface area (Å²) in [4.78, 5) is 4.50. The van der Waals surface area contributed by atoms with Crippen molar-refractivity contribution in [1.29, 1.82) is 0 Å². The highest BCUT2D eigenvalue weighted by Crippen LogP contribution is 2.16. The fourth-order valence-electron chi connectivity index (χ4n) is 3.31. The molecule has 3 rings (SSSR count). The number of rotatable bonds is 8. The van der Waals surface area contributed by atoms with Gasteiger partial charge in [0.15, 0.2) is 5.96 Å². The van der Waals surface area contributed by atoms with Gasteiger partial charge in [0, 0.05) is 26.2 Å². The minimum Gasteiger partial charge on any atom is -0.379 e. The van der Waals surface area contributed by atoms with Crippen molar-refractivity contribution >= 4 is 16.0 Å². The van der Waals surface area contributed by atoms with E-state index in [1.807, 2.05) is 37.3 Å². The number of aliphatic imine (C=N–C) groups is 1. The van der Waals surface area contributed by atoms with Crippen LogP contribution in [0.25, 0.3) is 0 Å². The first-order valence-corrected chi connectivity index (χ1v) is 12.0. The molecule has 0 radical (unpaired) electrons. The van der Waals surface area contributed by atoms with Crippen LogP contribution in [0.2, 0.25) is 0 Å². The molecule has 31 heavy (non-hydrogen) atoms. The molecule has 168 valence electrons. The van der Waals surface area contributed by atoms with E-state index >= 15 is 0 Å². The Morgan fingerprint density at radius 2 is 1.84 bits per heavy atom. The van der Waals surface area contributed by atoms with Crippen molar-refractivity contribution < 1.29 is 17.5 Å². The number of morpholine rings is 1. The van der Waals surface area contributed by atoms with Crippen molar-refractivity contribution in [3.05, 3.63) is 71.0 Å². The summed E-state index contributed by atoms with van der Waals surface area (Å²) in [6, 6.07) is 13.8. The molecule has 7 nitrogen and oxygen atoms in total. The van der Waals surface area contributed by atoms with Gasteiger partial charge in [-0.3, -0.25) is 0 Å². The van der Waals surface area contributed by atoms with Crippen molar-refractivity contribution in [3.63, 3.8) is 0 Å². The molecule has 0 bridgehead atoms. The Bertz CT molecular complexity index is 992. The molecule has 1 aliphatic rings. The molecule has 1 fully saturated rings. The molecule has 0 unspecified atom stereocenters. The number of hydrogen-bond acceptors (Lipinski definition) is 4. The second-order valence-electron chi connectivity index (χ2n) is 7.21. The number of halogens is 1. The minimum atomic E-state index is -3.41. The standard InChI is InChI=1S/C22H29FN4O3S/c1-2-24-22(25-15-18-6-5-9-21(23)14-18)26-16-19-7-3-4-8-20(19)17-31(28,29)27-10-12-30-13-11-27/h3-9,14H,2,10-13,15-17H2,1H3,(H2,24,25,26). The molecule has 2 N–H and O–H groups in total. The fraction of sp³-hybridized carbons (Fsp3) is 0.409. The molecule has 9 heteroatoms. The summed E-state index contributed by atoms with van der Waals surface area (Å²) in [5.74, 6) is 0.237. The van der Waals surface area contributed by atoms with Gasteiger partial charge in [-0.15, -0.1) is 0 Å². The Morgan fingerprint density at radius 3 is 2.55 bits per heavy atom. The molecule has 0 aliphatic carbocycles. The highest BCUT2D eigenvalue weighted by molar-refractivity contribution is 7.88. The Morgan fingerprint density at radius 1 is 1.10 bits per heavy atom. The van der Waals surface area contributed by atoms with Gasteiger partial charge in [0.2, 0.25) is 10.0 Å². The fourth-order valence-corrected chi connectivity index (χ4v) is 4.87. The van der Waals surface area contributed by atoms with Crippen LogP contribution in [0.1, 0.15) is 23.6 Å². The Kier molecular flexibility index (Phi) is 8.39. The van der Waals surface area contributed by atoms with Gasteiger partial charge in [-0.25, -0.2) is 17.8 Å². The highest BCUT2D eigenvalue weighted by atomic mass is 32.2. The molecule has 0 spiro atoms. The van der Waals surface area contributed by atoms with E-state index in [4.69, 9.17) is 4.74 Å². The van der Waals surface area contributed by atoms with E-state index in [1.54, 1.807) is 6.07 Å². The minimum absolute atomic E-state index is 0.0537. The molecule has 0 aromatic heterocycles. The van der Waals surface area contributed by atoms with Crippen LogP contribution in [0, 0.1) is 5.82 Å². The maximum atomic E-state index is 13.4. The van der Waals surface area contributed by atoms with Gasteiger partial charge in [-0.1, -0.05) is 36.4 Å². The van der Waals surface area contributed by atoms with Crippen molar-refractivity contribution in [3.8, 4) is 0 Å². The van der Waals surface area contributed by atoms with Crippen molar-refractivity contribution in [2.45, 2.75) is 25.8 Å². The molecule has 2 aromatic carbocycles. The smallest absolute Gasteiger partial charge is 0.218 e. The first-order chi connectivity index (χ1) is 15.0. The summed E-state index contributed by atoms with van der Waals surface area (Å²) < 4.78 is 45.8. The second kappa shape index (κ2) is 11.2. The quantitative estimate of drug-likeness (QED) is 0.478. The Hall–Kier alpha value is -2.49. The van der Waals surface area contributed by atoms with Gasteiger partial charge in [-0.2, -0.15) is 4.31 Å². The van der Waals surface area contributed by atoms with E-state index in [-0.39, 0.29) is 11.6 Å². The first-order valence-electron chi connectivity index (χ1n) is 10.4. The number of nitrogens with zero attached hydrogens (tertiary/aromatic N) is 2. The van der Waals surface area contributed by atoms with Crippen LogP contribution >= 0.6 is 0 Å². The monoisotopic (exact) mass is 448 g/mol. The van der Waals surface area contributed by atoms with Crippen LogP contribution in [-0.4, -0.2) is 51.5 Å². The summed E-state index contributed by atoms with van der Waals surface area (Å²) in [5.41, 5.74) is 2.41. The van der Waals surface area contributed by atoms with Crippen molar-refractivity contribution in [2.24, 2.45) is 4.99 Å². The normalized spacial score (nSPS) is 15.6. The third-order valence-electron chi connectivity index (χ3n) is 4.92. The van der Waals surface area contributed by atoms with Crippen LogP contribution in [-0.2, 0) is 33.6 Å². The summed E-state index contributed by atoms with van der Waals surface area (Å²) in [6.07, 6.45) is 0. The van der Waals surface area contributed by atoms with Crippen molar-refractivity contribution in [2.75, 3.05) is 32.8 Å². The van der Waals surface area contributed by atoms with Gasteiger partial charge in [0.1, 0.15) is 5.82 Å². The lowest BCUT2D eigenvalue weighted by Gasteiger charge is -2.26. The van der Waals surface area contributed by atoms with E-state index < -0.39 is 10.0 Å². The lowest BCUT2D eigenvalue weighted by molar-refractivity contribution is 0.0729. The SMILES string of the molecule is CCNC(=NCc1cccc(F)c1)NCc1ccccc1CS(=O)(=O)N1CCOCC1. The summed E-state index contributed by atoms with van der Waals surface area (Å²) in [6.45, 7) is 5.01. The number of ether oxygens (including phenoxy) is 1. The lowest BCUT2D eigenvalue weighted by Crippen LogP contribution is -2.41. The molecule has 0 saturated carbocycles. The summed E-state index contributed by atoms with van der Waals surface area (Å²) in [7, 11) is -3.41. The van der Waals surface area contributed by atoms with E-state index in [0.29, 0.717) is 51.9 Å². The summed E-state index contributed by atoms with van der Waals surface area (Å²) in [5, 5.41) is 6.41. The molecule has 0 amide bonds. The van der Waals surface area contributed by atoms with Crippen LogP contribution < -0.4 is 10.6 Å². The molecule has 1 aliphatic heterocycles. The zero-order valence-corrected chi connectivity index (χ0v) is 18.5. The average molecular weight is 449 g/mol. The predicted molar refractivity (Wildman–Crippen MR) is 120 cm³/mol. The number of hydrogen-bond donors (Lipinski definition) is 2. The second-order valence-corrected chi connectivity index (χ2v) is 9.18. The van der Waals surface area contributed by atoms with Gasteiger partial charge in [-0.05, 0) is 35.7 Å². The Labute approximate surface area is 183 Å². The summed E-state index contributed by atoms with van der Waals surface area (Å²) >= 11 is 0. The van der Waals surface area contributed by atoms with E-state index in [0.717, 1.165) is 16.7 Å². The van der Waals surface area contributed by atoms with Gasteiger partial charge >= 0.3 is 0 Å². The molecular formula is C22H29FN4O3S. The van der Waals surface area contributed by atoms with Gasteiger partial charge < -0.3 is 15.4 Å². The molecule has 1 heterocycles. The molecule has 0 atom stereocenters. The zero-order valence-electron chi connectivity index (χ0n) is 17.7. The number of guanidine groups is 1. The van der Waals surface area contributed by atoms with Crippen LogP contribution in [0.3, 0.4) is 0 Å². The maximum absolute atomic E-state index is 13.4. The van der Waals surface area contributed by atoms with E-state index in [1.165, 1.54) is 16.4 Å². The van der Waals surface area contributed by atoms with Gasteiger partial charge in [0.05, 0.1) is 25.5 Å². The maximum Gasteiger partial charge on any atom is 0.218 e. The van der Waals surface area contributed by atoms with Crippen LogP contribution in [0.5, 0.6) is 0 Å². The van der Waals surface area contributed by atoms with E-state index in [2.05, 4.69) is 15.6 Å². The predicted octanol–water partition coefficient (Wildman–Crippen LogP) is 2.24. The number of nitrogens with one attached hydrogen (secondary N) is 2. The zero-order chi connectivity index (χ0) is 22.1. The number of sulfonamides is 1. The lowest BCUT2D eigenvalue weighted by atomic mass is 10.1. The Balaban J connectivity index is 1.67. The van der Waals surface area contributed by atoms with Gasteiger partial charge in [0.25, 0.3) is 0 Å². The molecule has 1 saturated heterocycles. The van der Waals surface area contributed by atoms with E-state index in [9.17, 15) is 12.8 Å². The molecule has 2 aromatic rings. The topological polar surface area (TPSA) is 83.0 Å². The third kappa shape index (κ3) is 7.02. The average Bonchev–Trinajstić information content (AvgIpc) is 2.77. The number of benzene rings is 2. The first kappa shape index (κ1) is 23.2. The largest absolute Gasteiger partial charge is 0.379 e. The highest BCUT2D eigenvalue weighted by Gasteiger charge is 2.25. The third-order valence-corrected chi connectivity index (χ3v) is 6.75. The van der Waals surface area contributed by atoms with Crippen molar-refractivity contribution in [1.82, 2.24) is 14.9 Å². The van der Waals surface area contributed by atoms with Crippen LogP contribution in [0.15, 0.2) is 53.5 Å². The van der Waals surface area contributed by atoms with Crippen LogP contribution in [0.4, 0.5) is 4.39 Å². The molecular weight excluding hydrogens is 419 g/mol.